The molecule has 1 aromatic heterocycles. The molecule has 0 bridgehead atoms. The summed E-state index contributed by atoms with van der Waals surface area (Å²) >= 11 is 0. The first-order valence-corrected chi connectivity index (χ1v) is 7.11. The van der Waals surface area contributed by atoms with Crippen LogP contribution >= 0.6 is 0 Å². The van der Waals surface area contributed by atoms with Gasteiger partial charge in [0.1, 0.15) is 5.82 Å². The average Bonchev–Trinajstić information content (AvgIpc) is 3.17. The number of nitrogen functional groups attached to an aromatic ring is 1. The van der Waals surface area contributed by atoms with E-state index in [0.717, 1.165) is 29.0 Å². The molecular formula is C16H21N3. The van der Waals surface area contributed by atoms with Gasteiger partial charge in [0.05, 0.1) is 5.52 Å². The van der Waals surface area contributed by atoms with Crippen LogP contribution in [-0.2, 0) is 0 Å². The molecule has 100 valence electrons. The van der Waals surface area contributed by atoms with Gasteiger partial charge in [-0.05, 0) is 55.0 Å². The van der Waals surface area contributed by atoms with Crippen molar-refractivity contribution in [1.82, 2.24) is 4.98 Å². The van der Waals surface area contributed by atoms with E-state index in [-0.39, 0.29) is 0 Å². The Kier molecular flexibility index (Phi) is 3.05. The summed E-state index contributed by atoms with van der Waals surface area (Å²) < 4.78 is 0. The molecule has 0 unspecified atom stereocenters. The van der Waals surface area contributed by atoms with Crippen molar-refractivity contribution >= 4 is 22.4 Å². The van der Waals surface area contributed by atoms with E-state index in [1.807, 2.05) is 24.3 Å². The molecule has 0 saturated heterocycles. The van der Waals surface area contributed by atoms with E-state index in [1.54, 1.807) is 0 Å². The molecule has 0 atom stereocenters. The highest BCUT2D eigenvalue weighted by Gasteiger charge is 2.41. The second-order valence-electron chi connectivity index (χ2n) is 5.75. The number of anilines is 2. The van der Waals surface area contributed by atoms with Crippen molar-refractivity contribution in [2.75, 3.05) is 17.6 Å². The minimum absolute atomic E-state index is 0.548. The van der Waals surface area contributed by atoms with E-state index in [9.17, 15) is 0 Å². The Hall–Kier alpha value is -1.77. The van der Waals surface area contributed by atoms with Gasteiger partial charge in [0.15, 0.2) is 0 Å². The number of pyridine rings is 1. The largest absolute Gasteiger partial charge is 0.399 e. The summed E-state index contributed by atoms with van der Waals surface area (Å²) in [4.78, 5) is 4.64. The third-order valence-electron chi connectivity index (χ3n) is 4.10. The maximum atomic E-state index is 5.78. The molecule has 3 N–H and O–H groups in total. The third-order valence-corrected chi connectivity index (χ3v) is 4.10. The van der Waals surface area contributed by atoms with E-state index in [2.05, 4.69) is 23.3 Å². The molecule has 1 saturated carbocycles. The molecule has 1 aliphatic rings. The van der Waals surface area contributed by atoms with Crippen LogP contribution in [0.5, 0.6) is 0 Å². The van der Waals surface area contributed by atoms with E-state index in [0.29, 0.717) is 5.41 Å². The molecule has 1 fully saturated rings. The van der Waals surface area contributed by atoms with Crippen molar-refractivity contribution < 1.29 is 0 Å². The Balaban J connectivity index is 1.73. The minimum atomic E-state index is 0.548. The number of nitrogens with two attached hydrogens (primary N) is 1. The van der Waals surface area contributed by atoms with Crippen molar-refractivity contribution in [1.29, 1.82) is 0 Å². The second kappa shape index (κ2) is 4.72. The Morgan fingerprint density at radius 3 is 2.84 bits per heavy atom. The average molecular weight is 255 g/mol. The number of aromatic nitrogens is 1. The van der Waals surface area contributed by atoms with Gasteiger partial charge in [-0.1, -0.05) is 13.3 Å². The third kappa shape index (κ3) is 2.65. The van der Waals surface area contributed by atoms with Crippen LogP contribution in [-0.4, -0.2) is 11.5 Å². The van der Waals surface area contributed by atoms with Crippen LogP contribution in [0.1, 0.15) is 32.6 Å². The van der Waals surface area contributed by atoms with E-state index >= 15 is 0 Å². The van der Waals surface area contributed by atoms with Crippen molar-refractivity contribution in [3.63, 3.8) is 0 Å². The number of nitrogens with one attached hydrogen (secondary N) is 1. The summed E-state index contributed by atoms with van der Waals surface area (Å²) in [6.45, 7) is 3.31. The van der Waals surface area contributed by atoms with Gasteiger partial charge < -0.3 is 11.1 Å². The predicted molar refractivity (Wildman–Crippen MR) is 81.2 cm³/mol. The Morgan fingerprint density at radius 1 is 1.26 bits per heavy atom. The van der Waals surface area contributed by atoms with E-state index in [1.165, 1.54) is 25.7 Å². The van der Waals surface area contributed by atoms with Gasteiger partial charge in [0, 0.05) is 17.6 Å². The summed E-state index contributed by atoms with van der Waals surface area (Å²) in [5.74, 6) is 0.972. The highest BCUT2D eigenvalue weighted by atomic mass is 15.0. The number of fused-ring (bicyclic) bond motifs is 1. The fourth-order valence-electron chi connectivity index (χ4n) is 2.74. The quantitative estimate of drug-likeness (QED) is 0.799. The lowest BCUT2D eigenvalue weighted by Gasteiger charge is -2.15. The topological polar surface area (TPSA) is 50.9 Å². The van der Waals surface area contributed by atoms with Crippen LogP contribution in [0.25, 0.3) is 10.9 Å². The fourth-order valence-corrected chi connectivity index (χ4v) is 2.74. The lowest BCUT2D eigenvalue weighted by atomic mass is 10.0. The van der Waals surface area contributed by atoms with Crippen molar-refractivity contribution in [2.24, 2.45) is 5.41 Å². The maximum Gasteiger partial charge on any atom is 0.126 e. The van der Waals surface area contributed by atoms with Gasteiger partial charge >= 0.3 is 0 Å². The van der Waals surface area contributed by atoms with Gasteiger partial charge in [-0.2, -0.15) is 0 Å². The molecule has 1 aliphatic carbocycles. The number of hydrogen-bond donors (Lipinski definition) is 2. The molecule has 1 heterocycles. The SMILES string of the molecule is CCCC1(CNc2ccc3cc(N)ccc3n2)CC1. The van der Waals surface area contributed by atoms with Gasteiger partial charge in [0.2, 0.25) is 0 Å². The van der Waals surface area contributed by atoms with Gasteiger partial charge in [-0.3, -0.25) is 0 Å². The van der Waals surface area contributed by atoms with Gasteiger partial charge in [-0.25, -0.2) is 4.98 Å². The van der Waals surface area contributed by atoms with Crippen LogP contribution in [0.2, 0.25) is 0 Å². The smallest absolute Gasteiger partial charge is 0.126 e. The van der Waals surface area contributed by atoms with Crippen molar-refractivity contribution in [3.05, 3.63) is 30.3 Å². The summed E-state index contributed by atoms with van der Waals surface area (Å²) in [6, 6.07) is 9.98. The summed E-state index contributed by atoms with van der Waals surface area (Å²) in [5.41, 5.74) is 8.11. The summed E-state index contributed by atoms with van der Waals surface area (Å²) in [6.07, 6.45) is 5.31. The monoisotopic (exact) mass is 255 g/mol. The van der Waals surface area contributed by atoms with Crippen LogP contribution in [0, 0.1) is 5.41 Å². The summed E-state index contributed by atoms with van der Waals surface area (Å²) in [5, 5.41) is 4.59. The molecule has 3 nitrogen and oxygen atoms in total. The first kappa shape index (κ1) is 12.3. The van der Waals surface area contributed by atoms with Gasteiger partial charge in [0.25, 0.3) is 0 Å². The molecule has 0 aliphatic heterocycles. The first-order chi connectivity index (χ1) is 9.21. The normalized spacial score (nSPS) is 16.5. The zero-order valence-corrected chi connectivity index (χ0v) is 11.4. The summed E-state index contributed by atoms with van der Waals surface area (Å²) in [7, 11) is 0. The fraction of sp³-hybridized carbons (Fsp3) is 0.438. The van der Waals surface area contributed by atoms with Gasteiger partial charge in [-0.15, -0.1) is 0 Å². The first-order valence-electron chi connectivity index (χ1n) is 7.11. The molecule has 3 rings (SSSR count). The number of rotatable bonds is 5. The molecule has 0 radical (unpaired) electrons. The molecule has 1 aromatic carbocycles. The Bertz CT molecular complexity index is 588. The second-order valence-corrected chi connectivity index (χ2v) is 5.75. The van der Waals surface area contributed by atoms with Crippen molar-refractivity contribution in [3.8, 4) is 0 Å². The lowest BCUT2D eigenvalue weighted by Crippen LogP contribution is -2.15. The Labute approximate surface area is 114 Å². The Morgan fingerprint density at radius 2 is 2.11 bits per heavy atom. The number of hydrogen-bond acceptors (Lipinski definition) is 3. The standard InChI is InChI=1S/C16H21N3/c1-2-7-16(8-9-16)11-18-15-6-3-12-10-13(17)4-5-14(12)19-15/h3-6,10H,2,7-9,11,17H2,1H3,(H,18,19). The number of nitrogens with zero attached hydrogens (tertiary/aromatic N) is 1. The lowest BCUT2D eigenvalue weighted by molar-refractivity contribution is 0.485. The molecule has 3 heteroatoms. The molecule has 0 spiro atoms. The molecular weight excluding hydrogens is 234 g/mol. The van der Waals surface area contributed by atoms with Crippen LogP contribution < -0.4 is 11.1 Å². The van der Waals surface area contributed by atoms with Crippen LogP contribution in [0.15, 0.2) is 30.3 Å². The maximum absolute atomic E-state index is 5.78. The molecule has 0 amide bonds. The molecule has 19 heavy (non-hydrogen) atoms. The molecule has 2 aromatic rings. The highest BCUT2D eigenvalue weighted by Crippen LogP contribution is 2.49. The minimum Gasteiger partial charge on any atom is -0.399 e. The van der Waals surface area contributed by atoms with Crippen LogP contribution in [0.4, 0.5) is 11.5 Å². The highest BCUT2D eigenvalue weighted by molar-refractivity contribution is 5.83. The van der Waals surface area contributed by atoms with Crippen LogP contribution in [0.3, 0.4) is 0 Å². The van der Waals surface area contributed by atoms with Crippen molar-refractivity contribution in [2.45, 2.75) is 32.6 Å². The zero-order chi connectivity index (χ0) is 13.3. The van der Waals surface area contributed by atoms with E-state index < -0.39 is 0 Å². The number of benzene rings is 1. The zero-order valence-electron chi connectivity index (χ0n) is 11.4. The predicted octanol–water partition coefficient (Wildman–Crippen LogP) is 3.81. The van der Waals surface area contributed by atoms with E-state index in [4.69, 9.17) is 5.73 Å².